The van der Waals surface area contributed by atoms with E-state index in [1.807, 2.05) is 0 Å². The first-order valence-corrected chi connectivity index (χ1v) is 6.16. The molecule has 2 aromatic rings. The molecule has 0 unspecified atom stereocenters. The number of rotatable bonds is 3. The predicted octanol–water partition coefficient (Wildman–Crippen LogP) is 3.07. The third-order valence-corrected chi connectivity index (χ3v) is 3.10. The lowest BCUT2D eigenvalue weighted by molar-refractivity contribution is 0.102. The number of aromatic nitrogens is 1. The summed E-state index contributed by atoms with van der Waals surface area (Å²) in [5.41, 5.74) is 2.03. The first-order chi connectivity index (χ1) is 9.54. The van der Waals surface area contributed by atoms with Gasteiger partial charge in [0.1, 0.15) is 0 Å². The molecule has 8 heteroatoms. The van der Waals surface area contributed by atoms with E-state index in [4.69, 9.17) is 29.0 Å². The fourth-order valence-electron chi connectivity index (χ4n) is 1.52. The van der Waals surface area contributed by atoms with E-state index >= 15 is 0 Å². The maximum absolute atomic E-state index is 13.9. The van der Waals surface area contributed by atoms with E-state index in [0.29, 0.717) is 0 Å². The largest absolute Gasteiger partial charge is 0.319 e. The van der Waals surface area contributed by atoms with E-state index in [1.165, 1.54) is 12.3 Å². The van der Waals surface area contributed by atoms with Gasteiger partial charge in [-0.05, 0) is 18.2 Å². The number of nitrogens with two attached hydrogens (primary N) is 1. The van der Waals surface area contributed by atoms with E-state index < -0.39 is 11.7 Å². The first-order valence-electron chi connectivity index (χ1n) is 5.41. The van der Waals surface area contributed by atoms with Crippen molar-refractivity contribution in [2.75, 3.05) is 10.7 Å². The fraction of sp³-hybridized carbons (Fsp3) is 0. The maximum Gasteiger partial charge on any atom is 0.258 e. The molecule has 20 heavy (non-hydrogen) atoms. The van der Waals surface area contributed by atoms with Crippen LogP contribution in [-0.4, -0.2) is 10.9 Å². The van der Waals surface area contributed by atoms with Crippen LogP contribution >= 0.6 is 23.2 Å². The van der Waals surface area contributed by atoms with Gasteiger partial charge in [-0.25, -0.2) is 15.2 Å². The van der Waals surface area contributed by atoms with Gasteiger partial charge in [-0.1, -0.05) is 29.3 Å². The smallest absolute Gasteiger partial charge is 0.258 e. The molecule has 1 amide bonds. The Morgan fingerprint density at radius 2 is 1.90 bits per heavy atom. The number of halogens is 3. The maximum atomic E-state index is 13.9. The monoisotopic (exact) mass is 314 g/mol. The number of hydrazine groups is 1. The summed E-state index contributed by atoms with van der Waals surface area (Å²) in [4.78, 5) is 15.7. The number of carbonyl (C=O) groups is 1. The number of hydrogen-bond acceptors (Lipinski definition) is 4. The highest BCUT2D eigenvalue weighted by Crippen LogP contribution is 2.30. The number of nitrogens with one attached hydrogen (secondary N) is 2. The second-order valence-corrected chi connectivity index (χ2v) is 4.53. The molecule has 0 aliphatic rings. The fourth-order valence-corrected chi connectivity index (χ4v) is 2.01. The lowest BCUT2D eigenvalue weighted by atomic mass is 10.2. The summed E-state index contributed by atoms with van der Waals surface area (Å²) in [6.07, 6.45) is 1.25. The van der Waals surface area contributed by atoms with Crippen molar-refractivity contribution in [2.45, 2.75) is 0 Å². The van der Waals surface area contributed by atoms with Gasteiger partial charge in [0.15, 0.2) is 11.6 Å². The number of para-hydroxylation sites is 1. The van der Waals surface area contributed by atoms with Crippen LogP contribution in [0.5, 0.6) is 0 Å². The second kappa shape index (κ2) is 6.04. The minimum atomic E-state index is -0.865. The Morgan fingerprint density at radius 1 is 1.25 bits per heavy atom. The molecule has 0 saturated heterocycles. The zero-order valence-electron chi connectivity index (χ0n) is 9.95. The summed E-state index contributed by atoms with van der Waals surface area (Å²) >= 11 is 11.8. The molecule has 0 fully saturated rings. The highest BCUT2D eigenvalue weighted by Gasteiger charge is 2.17. The van der Waals surface area contributed by atoms with Crippen molar-refractivity contribution in [3.63, 3.8) is 0 Å². The van der Waals surface area contributed by atoms with E-state index in [0.717, 1.165) is 0 Å². The molecule has 0 bridgehead atoms. The molecule has 104 valence electrons. The van der Waals surface area contributed by atoms with Gasteiger partial charge in [0.05, 0.1) is 21.3 Å². The zero-order valence-corrected chi connectivity index (χ0v) is 11.5. The van der Waals surface area contributed by atoms with E-state index in [2.05, 4.69) is 15.7 Å². The Bertz CT molecular complexity index is 646. The van der Waals surface area contributed by atoms with E-state index in [9.17, 15) is 9.18 Å². The molecule has 0 spiro atoms. The number of amides is 1. The second-order valence-electron chi connectivity index (χ2n) is 3.72. The van der Waals surface area contributed by atoms with Gasteiger partial charge in [-0.2, -0.15) is 0 Å². The van der Waals surface area contributed by atoms with Crippen molar-refractivity contribution in [2.24, 2.45) is 5.84 Å². The average molecular weight is 315 g/mol. The van der Waals surface area contributed by atoms with Crippen molar-refractivity contribution in [3.8, 4) is 0 Å². The predicted molar refractivity (Wildman–Crippen MR) is 76.4 cm³/mol. The molecule has 0 aliphatic carbocycles. The molecule has 2 rings (SSSR count). The normalized spacial score (nSPS) is 10.2. The van der Waals surface area contributed by atoms with Crippen LogP contribution in [0, 0.1) is 5.82 Å². The highest BCUT2D eigenvalue weighted by atomic mass is 35.5. The van der Waals surface area contributed by atoms with Gasteiger partial charge in [0.2, 0.25) is 0 Å². The Labute approximate surface area is 123 Å². The van der Waals surface area contributed by atoms with Gasteiger partial charge >= 0.3 is 0 Å². The van der Waals surface area contributed by atoms with Gasteiger partial charge < -0.3 is 10.7 Å². The number of nitrogen functional groups attached to an aromatic ring is 1. The Morgan fingerprint density at radius 3 is 2.50 bits per heavy atom. The van der Waals surface area contributed by atoms with Crippen molar-refractivity contribution in [1.29, 1.82) is 0 Å². The van der Waals surface area contributed by atoms with Crippen LogP contribution in [0.3, 0.4) is 0 Å². The summed E-state index contributed by atoms with van der Waals surface area (Å²) in [5.74, 6) is 3.28. The average Bonchev–Trinajstić information content (AvgIpc) is 2.43. The van der Waals surface area contributed by atoms with Gasteiger partial charge in [0.25, 0.3) is 5.91 Å². The minimum absolute atomic E-state index is 0.208. The lowest BCUT2D eigenvalue weighted by Crippen LogP contribution is -2.17. The van der Waals surface area contributed by atoms with Crippen molar-refractivity contribution in [3.05, 3.63) is 51.9 Å². The number of pyridine rings is 1. The van der Waals surface area contributed by atoms with Crippen LogP contribution in [0.1, 0.15) is 10.4 Å². The van der Waals surface area contributed by atoms with Crippen LogP contribution in [0.15, 0.2) is 30.5 Å². The number of benzene rings is 1. The van der Waals surface area contributed by atoms with Crippen LogP contribution < -0.4 is 16.6 Å². The third kappa shape index (κ3) is 2.82. The van der Waals surface area contributed by atoms with Crippen LogP contribution in [0.2, 0.25) is 10.0 Å². The van der Waals surface area contributed by atoms with Crippen LogP contribution in [0.4, 0.5) is 15.9 Å². The van der Waals surface area contributed by atoms with Gasteiger partial charge in [-0.3, -0.25) is 4.79 Å². The molecule has 0 atom stereocenters. The third-order valence-electron chi connectivity index (χ3n) is 2.47. The lowest BCUT2D eigenvalue weighted by Gasteiger charge is -2.10. The minimum Gasteiger partial charge on any atom is -0.319 e. The zero-order chi connectivity index (χ0) is 14.7. The quantitative estimate of drug-likeness (QED) is 0.601. The molecular weight excluding hydrogens is 306 g/mol. The van der Waals surface area contributed by atoms with Gasteiger partial charge in [-0.15, -0.1) is 0 Å². The first kappa shape index (κ1) is 14.5. The van der Waals surface area contributed by atoms with Crippen molar-refractivity contribution in [1.82, 2.24) is 4.98 Å². The summed E-state index contributed by atoms with van der Waals surface area (Å²) < 4.78 is 13.9. The molecule has 1 aromatic carbocycles. The summed E-state index contributed by atoms with van der Waals surface area (Å²) in [6.45, 7) is 0. The van der Waals surface area contributed by atoms with Crippen LogP contribution in [0.25, 0.3) is 0 Å². The number of carbonyl (C=O) groups excluding carboxylic acids is 1. The van der Waals surface area contributed by atoms with E-state index in [-0.39, 0.29) is 27.1 Å². The Balaban J connectivity index is 2.34. The summed E-state index contributed by atoms with van der Waals surface area (Å²) in [5, 5.41) is 2.94. The standard InChI is InChI=1S/C12H9Cl2FN4O/c13-7-2-1-3-8(14)10(7)18-12(20)6-4-5-17-11(19-16)9(6)15/h1-5H,16H2,(H,17,19)(H,18,20). The molecule has 1 aromatic heterocycles. The Kier molecular flexibility index (Phi) is 4.39. The summed E-state index contributed by atoms with van der Waals surface area (Å²) in [6, 6.07) is 5.96. The van der Waals surface area contributed by atoms with Crippen molar-refractivity contribution >= 4 is 40.6 Å². The topological polar surface area (TPSA) is 80.0 Å². The van der Waals surface area contributed by atoms with Crippen molar-refractivity contribution < 1.29 is 9.18 Å². The molecule has 4 N–H and O–H groups in total. The SMILES string of the molecule is NNc1nccc(C(=O)Nc2c(Cl)cccc2Cl)c1F. The molecule has 0 aliphatic heterocycles. The van der Waals surface area contributed by atoms with E-state index in [1.54, 1.807) is 18.2 Å². The molecule has 1 heterocycles. The summed E-state index contributed by atoms with van der Waals surface area (Å²) in [7, 11) is 0. The van der Waals surface area contributed by atoms with Gasteiger partial charge in [0, 0.05) is 6.20 Å². The highest BCUT2D eigenvalue weighted by molar-refractivity contribution is 6.40. The molecule has 0 radical (unpaired) electrons. The number of anilines is 2. The Hall–Kier alpha value is -1.89. The molecule has 0 saturated carbocycles. The number of nitrogens with zero attached hydrogens (tertiary/aromatic N) is 1. The number of hydrogen-bond donors (Lipinski definition) is 3. The molecular formula is C12H9Cl2FN4O. The van der Waals surface area contributed by atoms with Crippen LogP contribution in [-0.2, 0) is 0 Å². The molecule has 5 nitrogen and oxygen atoms in total.